The third-order valence-electron chi connectivity index (χ3n) is 2.77. The molecule has 0 aliphatic heterocycles. The second-order valence-electron chi connectivity index (χ2n) is 3.91. The van der Waals surface area contributed by atoms with Crippen molar-refractivity contribution in [1.29, 1.82) is 0 Å². The highest BCUT2D eigenvalue weighted by Crippen LogP contribution is 2.29. The van der Waals surface area contributed by atoms with Crippen molar-refractivity contribution < 1.29 is 5.11 Å². The molecule has 0 unspecified atom stereocenters. The van der Waals surface area contributed by atoms with Crippen molar-refractivity contribution in [3.8, 4) is 5.75 Å². The van der Waals surface area contributed by atoms with Gasteiger partial charge in [0.25, 0.3) is 0 Å². The number of rotatable bonds is 1. The molecule has 1 aromatic carbocycles. The number of hydrogen-bond donors (Lipinski definition) is 1. The van der Waals surface area contributed by atoms with Crippen molar-refractivity contribution in [2.45, 2.75) is 27.2 Å². The summed E-state index contributed by atoms with van der Waals surface area (Å²) in [5.74, 6) is 0.311. The molecule has 0 saturated carbocycles. The topological polar surface area (TPSA) is 33.1 Å². The Bertz CT molecular complexity index is 517. The molecule has 0 aliphatic rings. The number of fused-ring (bicyclic) bond motifs is 1. The Hall–Kier alpha value is -1.57. The number of hydrogen-bond acceptors (Lipinski definition) is 2. The quantitative estimate of drug-likeness (QED) is 0.769. The first-order valence-electron chi connectivity index (χ1n) is 5.22. The molecule has 0 aliphatic carbocycles. The van der Waals surface area contributed by atoms with Crippen LogP contribution < -0.4 is 0 Å². The highest BCUT2D eigenvalue weighted by atomic mass is 16.3. The van der Waals surface area contributed by atoms with Gasteiger partial charge < -0.3 is 5.11 Å². The SMILES string of the molecule is CCc1ccc2c(C)cc(C)c(O)c2n1. The van der Waals surface area contributed by atoms with E-state index in [4.69, 9.17) is 0 Å². The minimum absolute atomic E-state index is 0.311. The predicted octanol–water partition coefficient (Wildman–Crippen LogP) is 3.12. The molecule has 1 N–H and O–H groups in total. The molecule has 0 bridgehead atoms. The average molecular weight is 201 g/mol. The summed E-state index contributed by atoms with van der Waals surface area (Å²) in [4.78, 5) is 4.46. The molecule has 0 atom stereocenters. The first-order valence-corrected chi connectivity index (χ1v) is 5.22. The molecule has 78 valence electrons. The van der Waals surface area contributed by atoms with Crippen molar-refractivity contribution in [3.63, 3.8) is 0 Å². The lowest BCUT2D eigenvalue weighted by atomic mass is 10.0. The second kappa shape index (κ2) is 3.54. The molecule has 2 nitrogen and oxygen atoms in total. The van der Waals surface area contributed by atoms with Crippen LogP contribution in [0.3, 0.4) is 0 Å². The number of nitrogens with zero attached hydrogens (tertiary/aromatic N) is 1. The lowest BCUT2D eigenvalue weighted by molar-refractivity contribution is 0.476. The van der Waals surface area contributed by atoms with E-state index >= 15 is 0 Å². The molecule has 1 aromatic heterocycles. The highest BCUT2D eigenvalue weighted by Gasteiger charge is 2.08. The smallest absolute Gasteiger partial charge is 0.144 e. The van der Waals surface area contributed by atoms with Gasteiger partial charge in [0, 0.05) is 11.1 Å². The van der Waals surface area contributed by atoms with E-state index in [1.807, 2.05) is 32.0 Å². The maximum atomic E-state index is 9.94. The van der Waals surface area contributed by atoms with Gasteiger partial charge in [-0.15, -0.1) is 0 Å². The van der Waals surface area contributed by atoms with Gasteiger partial charge in [0.1, 0.15) is 11.3 Å². The Balaban J connectivity index is 2.85. The summed E-state index contributed by atoms with van der Waals surface area (Å²) < 4.78 is 0. The van der Waals surface area contributed by atoms with Crippen LogP contribution in [-0.4, -0.2) is 10.1 Å². The van der Waals surface area contributed by atoms with Gasteiger partial charge in [-0.3, -0.25) is 0 Å². The van der Waals surface area contributed by atoms with E-state index in [1.165, 1.54) is 0 Å². The monoisotopic (exact) mass is 201 g/mol. The maximum Gasteiger partial charge on any atom is 0.144 e. The van der Waals surface area contributed by atoms with Crippen LogP contribution in [-0.2, 0) is 6.42 Å². The minimum Gasteiger partial charge on any atom is -0.505 e. The summed E-state index contributed by atoms with van der Waals surface area (Å²) in [5, 5.41) is 11.0. The third kappa shape index (κ3) is 1.56. The summed E-state index contributed by atoms with van der Waals surface area (Å²) in [6.45, 7) is 6.01. The fourth-order valence-electron chi connectivity index (χ4n) is 1.85. The van der Waals surface area contributed by atoms with Gasteiger partial charge in [-0.2, -0.15) is 0 Å². The highest BCUT2D eigenvalue weighted by molar-refractivity contribution is 5.88. The fraction of sp³-hybridized carbons (Fsp3) is 0.308. The van der Waals surface area contributed by atoms with Crippen LogP contribution in [0.1, 0.15) is 23.7 Å². The van der Waals surface area contributed by atoms with Gasteiger partial charge in [0.05, 0.1) is 0 Å². The number of phenolic OH excluding ortho intramolecular Hbond substituents is 1. The number of benzene rings is 1. The van der Waals surface area contributed by atoms with Gasteiger partial charge in [-0.25, -0.2) is 4.98 Å². The zero-order valence-corrected chi connectivity index (χ0v) is 9.33. The van der Waals surface area contributed by atoms with E-state index in [-0.39, 0.29) is 0 Å². The fourth-order valence-corrected chi connectivity index (χ4v) is 1.85. The standard InChI is InChI=1S/C13H15NO/c1-4-10-5-6-11-8(2)7-9(3)13(15)12(11)14-10/h5-7,15H,4H2,1-3H3. The van der Waals surface area contributed by atoms with E-state index in [0.717, 1.165) is 34.1 Å². The molecule has 15 heavy (non-hydrogen) atoms. The van der Waals surface area contributed by atoms with Crippen LogP contribution in [0.4, 0.5) is 0 Å². The number of phenols is 1. The molecule has 0 fully saturated rings. The normalized spacial score (nSPS) is 10.9. The molecule has 2 aromatic rings. The van der Waals surface area contributed by atoms with Crippen LogP contribution >= 0.6 is 0 Å². The number of pyridine rings is 1. The summed E-state index contributed by atoms with van der Waals surface area (Å²) in [6, 6.07) is 6.05. The molecule has 0 saturated heterocycles. The molecule has 2 heteroatoms. The summed E-state index contributed by atoms with van der Waals surface area (Å²) >= 11 is 0. The van der Waals surface area contributed by atoms with Crippen LogP contribution in [0, 0.1) is 13.8 Å². The molecule has 0 spiro atoms. The van der Waals surface area contributed by atoms with Crippen LogP contribution in [0.2, 0.25) is 0 Å². The van der Waals surface area contributed by atoms with Crippen molar-refractivity contribution in [2.75, 3.05) is 0 Å². The molecular formula is C13H15NO. The molecule has 0 amide bonds. The first kappa shape index (κ1) is 9.97. The number of aromatic hydroxyl groups is 1. The molecular weight excluding hydrogens is 186 g/mol. The van der Waals surface area contributed by atoms with Crippen molar-refractivity contribution in [1.82, 2.24) is 4.98 Å². The van der Waals surface area contributed by atoms with E-state index in [1.54, 1.807) is 0 Å². The first-order chi connectivity index (χ1) is 7.13. The zero-order valence-electron chi connectivity index (χ0n) is 9.33. The summed E-state index contributed by atoms with van der Waals surface area (Å²) in [5.41, 5.74) is 3.80. The molecule has 2 rings (SSSR count). The lowest BCUT2D eigenvalue weighted by Gasteiger charge is -2.08. The van der Waals surface area contributed by atoms with E-state index in [9.17, 15) is 5.11 Å². The van der Waals surface area contributed by atoms with Crippen molar-refractivity contribution in [3.05, 3.63) is 35.0 Å². The van der Waals surface area contributed by atoms with Crippen LogP contribution in [0.25, 0.3) is 10.9 Å². The number of aromatic nitrogens is 1. The summed E-state index contributed by atoms with van der Waals surface area (Å²) in [6.07, 6.45) is 0.891. The Kier molecular flexibility index (Phi) is 2.35. The van der Waals surface area contributed by atoms with Crippen molar-refractivity contribution in [2.24, 2.45) is 0 Å². The van der Waals surface area contributed by atoms with E-state index in [0.29, 0.717) is 5.75 Å². The average Bonchev–Trinajstić information content (AvgIpc) is 2.25. The Morgan fingerprint density at radius 1 is 1.20 bits per heavy atom. The Morgan fingerprint density at radius 3 is 2.60 bits per heavy atom. The number of aryl methyl sites for hydroxylation is 3. The van der Waals surface area contributed by atoms with E-state index in [2.05, 4.69) is 11.9 Å². The van der Waals surface area contributed by atoms with E-state index < -0.39 is 0 Å². The molecule has 1 heterocycles. The maximum absolute atomic E-state index is 9.94. The van der Waals surface area contributed by atoms with Gasteiger partial charge in [0.2, 0.25) is 0 Å². The van der Waals surface area contributed by atoms with Crippen molar-refractivity contribution >= 4 is 10.9 Å². The third-order valence-corrected chi connectivity index (χ3v) is 2.77. The predicted molar refractivity (Wildman–Crippen MR) is 62.3 cm³/mol. The zero-order chi connectivity index (χ0) is 11.0. The lowest BCUT2D eigenvalue weighted by Crippen LogP contribution is -1.91. The Labute approximate surface area is 89.6 Å². The van der Waals surface area contributed by atoms with Gasteiger partial charge in [0.15, 0.2) is 0 Å². The minimum atomic E-state index is 0.311. The van der Waals surface area contributed by atoms with Gasteiger partial charge in [-0.1, -0.05) is 19.1 Å². The van der Waals surface area contributed by atoms with Gasteiger partial charge in [-0.05, 0) is 37.5 Å². The van der Waals surface area contributed by atoms with Gasteiger partial charge >= 0.3 is 0 Å². The largest absolute Gasteiger partial charge is 0.505 e. The molecule has 0 radical (unpaired) electrons. The Morgan fingerprint density at radius 2 is 1.93 bits per heavy atom. The summed E-state index contributed by atoms with van der Waals surface area (Å²) in [7, 11) is 0. The van der Waals surface area contributed by atoms with Crippen LogP contribution in [0.15, 0.2) is 18.2 Å². The second-order valence-corrected chi connectivity index (χ2v) is 3.91. The van der Waals surface area contributed by atoms with Crippen LogP contribution in [0.5, 0.6) is 5.75 Å².